The van der Waals surface area contributed by atoms with Crippen LogP contribution in [0, 0.1) is 11.3 Å². The average molecular weight is 315 g/mol. The molecule has 0 spiro atoms. The van der Waals surface area contributed by atoms with Crippen LogP contribution in [0.4, 0.5) is 4.79 Å². The molecule has 1 saturated carbocycles. The van der Waals surface area contributed by atoms with Gasteiger partial charge in [-0.1, -0.05) is 33.1 Å². The summed E-state index contributed by atoms with van der Waals surface area (Å²) in [6.07, 6.45) is 3.93. The van der Waals surface area contributed by atoms with Gasteiger partial charge in [0.1, 0.15) is 0 Å². The van der Waals surface area contributed by atoms with E-state index in [-0.39, 0.29) is 18.9 Å². The summed E-state index contributed by atoms with van der Waals surface area (Å²) in [5, 5.41) is 11.6. The molecule has 126 valence electrons. The first-order valence-electron chi connectivity index (χ1n) is 7.64. The number of carbonyl (C=O) groups excluding carboxylic acids is 2. The number of alkyl carbamates (subject to hydrolysis) is 1. The van der Waals surface area contributed by atoms with Crippen molar-refractivity contribution >= 4 is 18.0 Å². The number of hydrogen-bond donors (Lipinski definition) is 2. The third-order valence-corrected chi connectivity index (χ3v) is 3.91. The number of carboxylic acid groups (broad SMARTS) is 1. The highest BCUT2D eigenvalue weighted by Gasteiger charge is 2.34. The molecule has 22 heavy (non-hydrogen) atoms. The first-order chi connectivity index (χ1) is 10.3. The number of carbonyl (C=O) groups is 3. The maximum absolute atomic E-state index is 11.6. The largest absolute Gasteiger partial charge is 0.481 e. The van der Waals surface area contributed by atoms with Gasteiger partial charge in [-0.15, -0.1) is 0 Å². The van der Waals surface area contributed by atoms with Crippen LogP contribution in [0.5, 0.6) is 0 Å². The van der Waals surface area contributed by atoms with E-state index in [4.69, 9.17) is 14.6 Å². The van der Waals surface area contributed by atoms with Gasteiger partial charge in [0.15, 0.2) is 0 Å². The van der Waals surface area contributed by atoms with Gasteiger partial charge in [0.2, 0.25) is 6.79 Å². The molecular formula is C15H25NO6. The predicted octanol–water partition coefficient (Wildman–Crippen LogP) is 2.29. The molecule has 1 rings (SSSR count). The number of amides is 1. The Morgan fingerprint density at radius 3 is 2.32 bits per heavy atom. The quantitative estimate of drug-likeness (QED) is 0.552. The molecular weight excluding hydrogens is 290 g/mol. The first-order valence-corrected chi connectivity index (χ1v) is 7.64. The van der Waals surface area contributed by atoms with Crippen LogP contribution in [0.2, 0.25) is 0 Å². The van der Waals surface area contributed by atoms with Crippen LogP contribution in [0.25, 0.3) is 0 Å². The van der Waals surface area contributed by atoms with Crippen LogP contribution < -0.4 is 5.32 Å². The van der Waals surface area contributed by atoms with Gasteiger partial charge in [0.05, 0.1) is 12.3 Å². The highest BCUT2D eigenvalue weighted by atomic mass is 16.7. The Balaban J connectivity index is 2.36. The van der Waals surface area contributed by atoms with Crippen molar-refractivity contribution in [2.75, 3.05) is 13.3 Å². The minimum atomic E-state index is -0.858. The zero-order chi connectivity index (χ0) is 16.6. The van der Waals surface area contributed by atoms with E-state index in [0.29, 0.717) is 0 Å². The van der Waals surface area contributed by atoms with Gasteiger partial charge in [-0.25, -0.2) is 4.79 Å². The third kappa shape index (κ3) is 6.32. The Morgan fingerprint density at radius 1 is 1.14 bits per heavy atom. The fourth-order valence-electron chi connectivity index (χ4n) is 2.66. The summed E-state index contributed by atoms with van der Waals surface area (Å²) < 4.78 is 9.50. The summed E-state index contributed by atoms with van der Waals surface area (Å²) in [6, 6.07) is 0. The lowest BCUT2D eigenvalue weighted by molar-refractivity contribution is -0.155. The molecule has 0 aliphatic heterocycles. The molecule has 0 aromatic carbocycles. The van der Waals surface area contributed by atoms with Crippen molar-refractivity contribution in [1.29, 1.82) is 0 Å². The van der Waals surface area contributed by atoms with E-state index in [9.17, 15) is 14.4 Å². The summed E-state index contributed by atoms with van der Waals surface area (Å²) in [6.45, 7) is 3.19. The van der Waals surface area contributed by atoms with E-state index in [1.807, 2.05) is 0 Å². The molecule has 0 atom stereocenters. The van der Waals surface area contributed by atoms with Gasteiger partial charge in [-0.3, -0.25) is 9.59 Å². The van der Waals surface area contributed by atoms with Crippen molar-refractivity contribution in [3.05, 3.63) is 0 Å². The van der Waals surface area contributed by atoms with Gasteiger partial charge in [0.25, 0.3) is 0 Å². The van der Waals surface area contributed by atoms with Crippen molar-refractivity contribution in [2.45, 2.75) is 52.4 Å². The molecule has 2 N–H and O–H groups in total. The Bertz CT molecular complexity index is 401. The number of carboxylic acids is 1. The van der Waals surface area contributed by atoms with Crippen molar-refractivity contribution in [1.82, 2.24) is 5.32 Å². The first kappa shape index (κ1) is 18.3. The standard InChI is InChI=1S/C15H25NO6/c1-11(2)13(19)21-10-22-14(20)16-9-15(8-12(17)18)6-4-3-5-7-15/h11H,3-10H2,1-2H3,(H,16,20)(H,17,18). The summed E-state index contributed by atoms with van der Waals surface area (Å²) in [7, 11) is 0. The minimum absolute atomic E-state index is 0.0373. The number of nitrogens with one attached hydrogen (secondary N) is 1. The lowest BCUT2D eigenvalue weighted by Crippen LogP contribution is -2.40. The molecule has 7 heteroatoms. The van der Waals surface area contributed by atoms with E-state index in [1.54, 1.807) is 13.8 Å². The highest BCUT2D eigenvalue weighted by molar-refractivity contribution is 5.72. The van der Waals surface area contributed by atoms with E-state index in [2.05, 4.69) is 5.32 Å². The molecule has 0 heterocycles. The molecule has 1 aliphatic carbocycles. The Kier molecular flexibility index (Phi) is 7.14. The monoisotopic (exact) mass is 315 g/mol. The van der Waals surface area contributed by atoms with Gasteiger partial charge in [0, 0.05) is 6.54 Å². The van der Waals surface area contributed by atoms with Crippen molar-refractivity contribution in [3.63, 3.8) is 0 Å². The second-order valence-electron chi connectivity index (χ2n) is 6.15. The number of rotatable bonds is 7. The molecule has 1 amide bonds. The zero-order valence-corrected chi connectivity index (χ0v) is 13.2. The molecule has 0 aromatic rings. The average Bonchev–Trinajstić information content (AvgIpc) is 2.45. The molecule has 0 radical (unpaired) electrons. The zero-order valence-electron chi connectivity index (χ0n) is 13.2. The maximum atomic E-state index is 11.6. The van der Waals surface area contributed by atoms with Gasteiger partial charge >= 0.3 is 18.0 Å². The lowest BCUT2D eigenvalue weighted by Gasteiger charge is -2.36. The number of esters is 1. The Hall–Kier alpha value is -1.79. The SMILES string of the molecule is CC(C)C(=O)OCOC(=O)NCC1(CC(=O)O)CCCCC1. The number of ether oxygens (including phenoxy) is 2. The molecule has 7 nitrogen and oxygen atoms in total. The second-order valence-corrected chi connectivity index (χ2v) is 6.15. The van der Waals surface area contributed by atoms with Crippen molar-refractivity contribution < 1.29 is 29.0 Å². The number of hydrogen-bond acceptors (Lipinski definition) is 5. The Labute approximate surface area is 130 Å². The smallest absolute Gasteiger partial charge is 0.410 e. The summed E-state index contributed by atoms with van der Waals surface area (Å²) >= 11 is 0. The summed E-state index contributed by atoms with van der Waals surface area (Å²) in [5.41, 5.74) is -0.405. The minimum Gasteiger partial charge on any atom is -0.481 e. The maximum Gasteiger partial charge on any atom is 0.410 e. The van der Waals surface area contributed by atoms with Gasteiger partial charge in [-0.2, -0.15) is 0 Å². The second kappa shape index (κ2) is 8.60. The van der Waals surface area contributed by atoms with Crippen LogP contribution in [0.15, 0.2) is 0 Å². The van der Waals surface area contributed by atoms with Crippen LogP contribution in [-0.4, -0.2) is 36.5 Å². The predicted molar refractivity (Wildman–Crippen MR) is 78.1 cm³/mol. The number of aliphatic carboxylic acids is 1. The van der Waals surface area contributed by atoms with Crippen LogP contribution in [0.1, 0.15) is 52.4 Å². The van der Waals surface area contributed by atoms with Gasteiger partial charge < -0.3 is 19.9 Å². The van der Waals surface area contributed by atoms with Crippen LogP contribution in [0.3, 0.4) is 0 Å². The normalized spacial score (nSPS) is 16.9. The summed E-state index contributed by atoms with van der Waals surface area (Å²) in [4.78, 5) is 33.8. The van der Waals surface area contributed by atoms with E-state index < -0.39 is 30.2 Å². The van der Waals surface area contributed by atoms with E-state index in [0.717, 1.165) is 32.1 Å². The van der Waals surface area contributed by atoms with Crippen molar-refractivity contribution in [3.8, 4) is 0 Å². The molecule has 0 unspecified atom stereocenters. The third-order valence-electron chi connectivity index (χ3n) is 3.91. The fourth-order valence-corrected chi connectivity index (χ4v) is 2.66. The topological polar surface area (TPSA) is 102 Å². The molecule has 0 bridgehead atoms. The Morgan fingerprint density at radius 2 is 1.77 bits per heavy atom. The molecule has 0 saturated heterocycles. The van der Waals surface area contributed by atoms with E-state index in [1.165, 1.54) is 0 Å². The van der Waals surface area contributed by atoms with Crippen LogP contribution in [-0.2, 0) is 19.1 Å². The van der Waals surface area contributed by atoms with Crippen molar-refractivity contribution in [2.24, 2.45) is 11.3 Å². The highest BCUT2D eigenvalue weighted by Crippen LogP contribution is 2.38. The molecule has 1 fully saturated rings. The summed E-state index contributed by atoms with van der Waals surface area (Å²) in [5.74, 6) is -1.59. The van der Waals surface area contributed by atoms with E-state index >= 15 is 0 Å². The van der Waals surface area contributed by atoms with Crippen LogP contribution >= 0.6 is 0 Å². The molecule has 0 aromatic heterocycles. The lowest BCUT2D eigenvalue weighted by atomic mass is 9.72. The fraction of sp³-hybridized carbons (Fsp3) is 0.800. The molecule has 1 aliphatic rings. The van der Waals surface area contributed by atoms with Gasteiger partial charge in [-0.05, 0) is 18.3 Å².